The van der Waals surface area contributed by atoms with E-state index in [-0.39, 0.29) is 0 Å². The third-order valence-electron chi connectivity index (χ3n) is 3.88. The quantitative estimate of drug-likeness (QED) is 0.655. The van der Waals surface area contributed by atoms with Crippen LogP contribution in [0, 0.1) is 13.8 Å². The zero-order valence-corrected chi connectivity index (χ0v) is 14.9. The summed E-state index contributed by atoms with van der Waals surface area (Å²) in [7, 11) is 3.79. The number of guanidine groups is 1. The van der Waals surface area contributed by atoms with Gasteiger partial charge in [0, 0.05) is 20.3 Å². The molecule has 24 heavy (non-hydrogen) atoms. The van der Waals surface area contributed by atoms with Crippen LogP contribution in [0.2, 0.25) is 0 Å². The van der Waals surface area contributed by atoms with E-state index in [1.165, 1.54) is 5.56 Å². The van der Waals surface area contributed by atoms with Crippen LogP contribution in [-0.2, 0) is 6.54 Å². The lowest BCUT2D eigenvalue weighted by Crippen LogP contribution is -2.40. The number of nitrogens with one attached hydrogen (secondary N) is 1. The number of para-hydroxylation sites is 1. The van der Waals surface area contributed by atoms with Crippen LogP contribution in [0.15, 0.2) is 47.6 Å². The Hall–Kier alpha value is -2.56. The highest BCUT2D eigenvalue weighted by atomic mass is 16.5. The molecule has 2 rings (SSSR count). The first-order valence-electron chi connectivity index (χ1n) is 8.12. The maximum Gasteiger partial charge on any atom is 0.193 e. The maximum atomic E-state index is 5.85. The molecule has 1 heterocycles. The number of nitrogens with zero attached hydrogens (tertiary/aromatic N) is 3. The predicted molar refractivity (Wildman–Crippen MR) is 98.5 cm³/mol. The minimum atomic E-state index is 0.602. The summed E-state index contributed by atoms with van der Waals surface area (Å²) in [6, 6.07) is 12.1. The van der Waals surface area contributed by atoms with E-state index < -0.39 is 0 Å². The van der Waals surface area contributed by atoms with Crippen molar-refractivity contribution in [2.45, 2.75) is 20.4 Å². The monoisotopic (exact) mass is 326 g/mol. The lowest BCUT2D eigenvalue weighted by molar-refractivity contribution is 0.280. The van der Waals surface area contributed by atoms with E-state index in [4.69, 9.17) is 4.74 Å². The molecular formula is C19H26N4O. The van der Waals surface area contributed by atoms with Crippen molar-refractivity contribution >= 4 is 5.96 Å². The summed E-state index contributed by atoms with van der Waals surface area (Å²) >= 11 is 0. The lowest BCUT2D eigenvalue weighted by Gasteiger charge is -2.22. The molecule has 2 aromatic rings. The molecule has 128 valence electrons. The van der Waals surface area contributed by atoms with Crippen LogP contribution in [0.3, 0.4) is 0 Å². The summed E-state index contributed by atoms with van der Waals surface area (Å²) < 4.78 is 5.85. The molecule has 0 radical (unpaired) electrons. The van der Waals surface area contributed by atoms with E-state index in [0.29, 0.717) is 13.2 Å². The van der Waals surface area contributed by atoms with Gasteiger partial charge in [-0.05, 0) is 37.1 Å². The van der Waals surface area contributed by atoms with Gasteiger partial charge in [-0.2, -0.15) is 0 Å². The Morgan fingerprint density at radius 3 is 2.62 bits per heavy atom. The highest BCUT2D eigenvalue weighted by molar-refractivity contribution is 5.79. The van der Waals surface area contributed by atoms with Crippen LogP contribution in [-0.4, -0.2) is 43.1 Å². The van der Waals surface area contributed by atoms with Gasteiger partial charge in [-0.15, -0.1) is 0 Å². The minimum Gasteiger partial charge on any atom is -0.491 e. The zero-order chi connectivity index (χ0) is 17.4. The first-order valence-corrected chi connectivity index (χ1v) is 8.12. The molecule has 0 saturated heterocycles. The Kier molecular flexibility index (Phi) is 6.61. The number of hydrogen-bond donors (Lipinski definition) is 1. The van der Waals surface area contributed by atoms with Gasteiger partial charge in [0.05, 0.1) is 18.8 Å². The van der Waals surface area contributed by atoms with Gasteiger partial charge in [-0.3, -0.25) is 9.98 Å². The molecule has 1 aromatic heterocycles. The summed E-state index contributed by atoms with van der Waals surface area (Å²) in [6.07, 6.45) is 1.81. The van der Waals surface area contributed by atoms with Gasteiger partial charge in [0.2, 0.25) is 0 Å². The molecule has 1 aromatic carbocycles. The predicted octanol–water partition coefficient (Wildman–Crippen LogP) is 2.78. The highest BCUT2D eigenvalue weighted by Crippen LogP contribution is 2.15. The third kappa shape index (κ3) is 4.98. The highest BCUT2D eigenvalue weighted by Gasteiger charge is 2.07. The first kappa shape index (κ1) is 17.8. The van der Waals surface area contributed by atoms with Crippen molar-refractivity contribution in [3.05, 3.63) is 59.4 Å². The zero-order valence-electron chi connectivity index (χ0n) is 14.9. The van der Waals surface area contributed by atoms with Crippen LogP contribution in [0.1, 0.15) is 16.8 Å². The Labute approximate surface area is 144 Å². The van der Waals surface area contributed by atoms with Crippen molar-refractivity contribution in [2.24, 2.45) is 4.99 Å². The fraction of sp³-hybridized carbons (Fsp3) is 0.368. The molecule has 0 unspecified atom stereocenters. The number of ether oxygens (including phenoxy) is 1. The Bertz CT molecular complexity index is 685. The minimum absolute atomic E-state index is 0.602. The van der Waals surface area contributed by atoms with Crippen molar-refractivity contribution in [3.8, 4) is 5.75 Å². The van der Waals surface area contributed by atoms with E-state index in [2.05, 4.69) is 46.2 Å². The van der Waals surface area contributed by atoms with Gasteiger partial charge in [-0.1, -0.05) is 24.3 Å². The summed E-state index contributed by atoms with van der Waals surface area (Å²) in [5.74, 6) is 1.76. The van der Waals surface area contributed by atoms with Crippen LogP contribution >= 0.6 is 0 Å². The number of aromatic nitrogens is 1. The fourth-order valence-corrected chi connectivity index (χ4v) is 2.37. The number of rotatable bonds is 6. The van der Waals surface area contributed by atoms with Crippen LogP contribution in [0.25, 0.3) is 0 Å². The number of pyridine rings is 1. The Morgan fingerprint density at radius 1 is 1.17 bits per heavy atom. The lowest BCUT2D eigenvalue weighted by atomic mass is 10.2. The van der Waals surface area contributed by atoms with Gasteiger partial charge >= 0.3 is 0 Å². The number of aliphatic imine (C=N–C) groups is 1. The van der Waals surface area contributed by atoms with Crippen LogP contribution in [0.5, 0.6) is 5.75 Å². The molecule has 0 aliphatic heterocycles. The first-order chi connectivity index (χ1) is 11.6. The van der Waals surface area contributed by atoms with Gasteiger partial charge in [0.15, 0.2) is 5.96 Å². The van der Waals surface area contributed by atoms with Crippen LogP contribution in [0.4, 0.5) is 0 Å². The molecule has 1 N–H and O–H groups in total. The van der Waals surface area contributed by atoms with Crippen molar-refractivity contribution in [1.82, 2.24) is 15.2 Å². The topological polar surface area (TPSA) is 49.8 Å². The molecule has 0 spiro atoms. The van der Waals surface area contributed by atoms with Crippen molar-refractivity contribution in [3.63, 3.8) is 0 Å². The molecule has 0 fully saturated rings. The average molecular weight is 326 g/mol. The van der Waals surface area contributed by atoms with Crippen molar-refractivity contribution < 1.29 is 4.74 Å². The largest absolute Gasteiger partial charge is 0.491 e. The second-order valence-corrected chi connectivity index (χ2v) is 5.70. The van der Waals surface area contributed by atoms with Gasteiger partial charge in [0.25, 0.3) is 0 Å². The van der Waals surface area contributed by atoms with E-state index in [1.54, 1.807) is 7.05 Å². The Balaban J connectivity index is 1.82. The summed E-state index contributed by atoms with van der Waals surface area (Å²) in [5.41, 5.74) is 3.35. The van der Waals surface area contributed by atoms with Gasteiger partial charge in [-0.25, -0.2) is 0 Å². The molecule has 0 aliphatic rings. The normalized spacial score (nSPS) is 11.2. The fourth-order valence-electron chi connectivity index (χ4n) is 2.37. The summed E-state index contributed by atoms with van der Waals surface area (Å²) in [4.78, 5) is 10.8. The standard InChI is InChI=1S/C19H26N4O/c1-15-9-7-11-21-17(15)14-22-19(20-3)23(4)12-13-24-18-10-6-5-8-16(18)2/h5-11H,12-14H2,1-4H3,(H,20,22). The molecule has 0 saturated carbocycles. The van der Waals surface area contributed by atoms with E-state index in [9.17, 15) is 0 Å². The smallest absolute Gasteiger partial charge is 0.193 e. The molecule has 5 heteroatoms. The summed E-state index contributed by atoms with van der Waals surface area (Å²) in [6.45, 7) is 6.11. The van der Waals surface area contributed by atoms with Crippen molar-refractivity contribution in [1.29, 1.82) is 0 Å². The number of benzene rings is 1. The Morgan fingerprint density at radius 2 is 1.92 bits per heavy atom. The molecule has 5 nitrogen and oxygen atoms in total. The summed E-state index contributed by atoms with van der Waals surface area (Å²) in [5, 5.41) is 3.34. The molecular weight excluding hydrogens is 300 g/mol. The number of hydrogen-bond acceptors (Lipinski definition) is 3. The van der Waals surface area contributed by atoms with Gasteiger partial charge < -0.3 is 15.0 Å². The van der Waals surface area contributed by atoms with E-state index in [0.717, 1.165) is 29.5 Å². The number of aryl methyl sites for hydroxylation is 2. The third-order valence-corrected chi connectivity index (χ3v) is 3.88. The SMILES string of the molecule is CN=C(NCc1ncccc1C)N(C)CCOc1ccccc1C. The average Bonchev–Trinajstić information content (AvgIpc) is 2.58. The van der Waals surface area contributed by atoms with E-state index >= 15 is 0 Å². The van der Waals surface area contributed by atoms with Crippen molar-refractivity contribution in [2.75, 3.05) is 27.2 Å². The maximum absolute atomic E-state index is 5.85. The molecule has 0 bridgehead atoms. The molecule has 0 atom stereocenters. The van der Waals surface area contributed by atoms with Gasteiger partial charge in [0.1, 0.15) is 12.4 Å². The second-order valence-electron chi connectivity index (χ2n) is 5.70. The van der Waals surface area contributed by atoms with Crippen LogP contribution < -0.4 is 10.1 Å². The number of likely N-dealkylation sites (N-methyl/N-ethyl adjacent to an activating group) is 1. The second kappa shape index (κ2) is 8.91. The molecule has 0 amide bonds. The molecule has 0 aliphatic carbocycles. The van der Waals surface area contributed by atoms with E-state index in [1.807, 2.05) is 37.5 Å².